The van der Waals surface area contributed by atoms with Crippen molar-refractivity contribution in [3.63, 3.8) is 0 Å². The van der Waals surface area contributed by atoms with Crippen LogP contribution >= 0.6 is 0 Å². The number of rotatable bonds is 6. The predicted molar refractivity (Wildman–Crippen MR) is 78.6 cm³/mol. The summed E-state index contributed by atoms with van der Waals surface area (Å²) in [5.41, 5.74) is 0. The number of nitrogens with zero attached hydrogens (tertiary/aromatic N) is 1. The zero-order valence-corrected chi connectivity index (χ0v) is 13.1. The lowest BCUT2D eigenvalue weighted by Gasteiger charge is -2.33. The minimum absolute atomic E-state index is 0.0990. The summed E-state index contributed by atoms with van der Waals surface area (Å²) in [4.78, 5) is 36.8. The summed E-state index contributed by atoms with van der Waals surface area (Å²) >= 11 is 0. The van der Waals surface area contributed by atoms with Crippen molar-refractivity contribution in [2.24, 2.45) is 11.8 Å². The highest BCUT2D eigenvalue weighted by atomic mass is 16.4. The summed E-state index contributed by atoms with van der Waals surface area (Å²) in [6.45, 7) is 6.38. The molecule has 1 rings (SSSR count). The van der Waals surface area contributed by atoms with E-state index in [4.69, 9.17) is 5.11 Å². The van der Waals surface area contributed by atoms with E-state index >= 15 is 0 Å². The molecular formula is C15H26N2O4. The molecule has 1 saturated heterocycles. The fraction of sp³-hybridized carbons (Fsp3) is 0.800. The van der Waals surface area contributed by atoms with E-state index in [1.807, 2.05) is 6.92 Å². The summed E-state index contributed by atoms with van der Waals surface area (Å²) in [5.74, 6) is -1.84. The first-order valence-corrected chi connectivity index (χ1v) is 7.67. The molecule has 2 amide bonds. The molecule has 1 aliphatic heterocycles. The van der Waals surface area contributed by atoms with Crippen molar-refractivity contribution in [1.29, 1.82) is 0 Å². The van der Waals surface area contributed by atoms with Crippen LogP contribution < -0.4 is 5.32 Å². The Labute approximate surface area is 125 Å². The van der Waals surface area contributed by atoms with Gasteiger partial charge >= 0.3 is 5.97 Å². The van der Waals surface area contributed by atoms with E-state index in [1.54, 1.807) is 18.7 Å². The number of amides is 2. The number of likely N-dealkylation sites (tertiary alicyclic amines) is 1. The van der Waals surface area contributed by atoms with E-state index in [2.05, 4.69) is 5.32 Å². The molecule has 0 aliphatic carbocycles. The quantitative estimate of drug-likeness (QED) is 0.772. The molecule has 0 aromatic rings. The molecule has 3 atom stereocenters. The number of carboxylic acids is 1. The van der Waals surface area contributed by atoms with Crippen LogP contribution in [0.2, 0.25) is 0 Å². The Morgan fingerprint density at radius 2 is 2.00 bits per heavy atom. The van der Waals surface area contributed by atoms with Crippen molar-refractivity contribution in [3.05, 3.63) is 0 Å². The molecule has 6 nitrogen and oxygen atoms in total. The van der Waals surface area contributed by atoms with Crippen LogP contribution in [0.5, 0.6) is 0 Å². The molecule has 0 radical (unpaired) electrons. The average molecular weight is 298 g/mol. The fourth-order valence-corrected chi connectivity index (χ4v) is 2.47. The van der Waals surface area contributed by atoms with E-state index in [9.17, 15) is 14.4 Å². The Morgan fingerprint density at radius 3 is 2.57 bits per heavy atom. The highest BCUT2D eigenvalue weighted by Gasteiger charge is 2.30. The highest BCUT2D eigenvalue weighted by Crippen LogP contribution is 2.18. The summed E-state index contributed by atoms with van der Waals surface area (Å²) in [6, 6.07) is -0.420. The lowest BCUT2D eigenvalue weighted by molar-refractivity contribution is -0.142. The van der Waals surface area contributed by atoms with Gasteiger partial charge in [-0.2, -0.15) is 0 Å². The highest BCUT2D eigenvalue weighted by molar-refractivity contribution is 5.82. The van der Waals surface area contributed by atoms with Crippen LogP contribution in [0.4, 0.5) is 0 Å². The monoisotopic (exact) mass is 298 g/mol. The molecule has 120 valence electrons. The smallest absolute Gasteiger partial charge is 0.308 e. The van der Waals surface area contributed by atoms with Gasteiger partial charge in [0.05, 0.1) is 11.8 Å². The van der Waals surface area contributed by atoms with Gasteiger partial charge in [0.2, 0.25) is 11.8 Å². The van der Waals surface area contributed by atoms with Crippen LogP contribution in [0.3, 0.4) is 0 Å². The van der Waals surface area contributed by atoms with Gasteiger partial charge in [0.25, 0.3) is 0 Å². The SMILES string of the molecule is CCCC(=O)N1CCCC(C(=O)NC(C)C(C)C(=O)O)C1. The normalized spacial score (nSPS) is 21.5. The molecule has 1 heterocycles. The number of carbonyl (C=O) groups excluding carboxylic acids is 2. The van der Waals surface area contributed by atoms with Crippen LogP contribution in [0.25, 0.3) is 0 Å². The molecule has 0 aromatic heterocycles. The molecular weight excluding hydrogens is 272 g/mol. The fourth-order valence-electron chi connectivity index (χ4n) is 2.47. The summed E-state index contributed by atoms with van der Waals surface area (Å²) < 4.78 is 0. The lowest BCUT2D eigenvalue weighted by Crippen LogP contribution is -2.48. The van der Waals surface area contributed by atoms with E-state index in [0.717, 1.165) is 19.3 Å². The van der Waals surface area contributed by atoms with Gasteiger partial charge in [0.1, 0.15) is 0 Å². The van der Waals surface area contributed by atoms with Crippen LogP contribution in [0, 0.1) is 11.8 Å². The Kier molecular flexibility index (Phi) is 6.65. The van der Waals surface area contributed by atoms with Crippen molar-refractivity contribution >= 4 is 17.8 Å². The topological polar surface area (TPSA) is 86.7 Å². The van der Waals surface area contributed by atoms with Crippen LogP contribution in [-0.2, 0) is 14.4 Å². The van der Waals surface area contributed by atoms with Gasteiger partial charge in [0.15, 0.2) is 0 Å². The first kappa shape index (κ1) is 17.5. The Bertz CT molecular complexity index is 397. The molecule has 1 aliphatic rings. The minimum Gasteiger partial charge on any atom is -0.481 e. The lowest BCUT2D eigenvalue weighted by atomic mass is 9.95. The zero-order chi connectivity index (χ0) is 16.0. The maximum Gasteiger partial charge on any atom is 0.308 e. The van der Waals surface area contributed by atoms with Crippen molar-refractivity contribution in [2.75, 3.05) is 13.1 Å². The maximum absolute atomic E-state index is 12.2. The average Bonchev–Trinajstić information content (AvgIpc) is 2.46. The van der Waals surface area contributed by atoms with Gasteiger partial charge in [-0.15, -0.1) is 0 Å². The largest absolute Gasteiger partial charge is 0.481 e. The van der Waals surface area contributed by atoms with E-state index in [1.165, 1.54) is 0 Å². The number of hydrogen-bond donors (Lipinski definition) is 2. The predicted octanol–water partition coefficient (Wildman–Crippen LogP) is 1.25. The van der Waals surface area contributed by atoms with Crippen LogP contribution in [0.1, 0.15) is 46.5 Å². The third-order valence-corrected chi connectivity index (χ3v) is 4.12. The van der Waals surface area contributed by atoms with Crippen molar-refractivity contribution < 1.29 is 19.5 Å². The number of hydrogen-bond acceptors (Lipinski definition) is 3. The Hall–Kier alpha value is -1.59. The molecule has 0 bridgehead atoms. The summed E-state index contributed by atoms with van der Waals surface area (Å²) in [5, 5.41) is 11.7. The van der Waals surface area contributed by atoms with Crippen molar-refractivity contribution in [2.45, 2.75) is 52.5 Å². The Balaban J connectivity index is 2.54. The molecule has 0 aromatic carbocycles. The van der Waals surface area contributed by atoms with Gasteiger partial charge < -0.3 is 15.3 Å². The van der Waals surface area contributed by atoms with Gasteiger partial charge in [-0.05, 0) is 33.1 Å². The van der Waals surface area contributed by atoms with E-state index < -0.39 is 17.9 Å². The number of piperidine rings is 1. The molecule has 21 heavy (non-hydrogen) atoms. The molecule has 2 N–H and O–H groups in total. The number of carbonyl (C=O) groups is 3. The second-order valence-corrected chi connectivity index (χ2v) is 5.85. The third-order valence-electron chi connectivity index (χ3n) is 4.12. The van der Waals surface area contributed by atoms with Crippen LogP contribution in [-0.4, -0.2) is 46.9 Å². The third kappa shape index (κ3) is 5.02. The first-order chi connectivity index (χ1) is 9.86. The molecule has 3 unspecified atom stereocenters. The van der Waals surface area contributed by atoms with E-state index in [0.29, 0.717) is 19.5 Å². The van der Waals surface area contributed by atoms with Crippen molar-refractivity contribution in [1.82, 2.24) is 10.2 Å². The second kappa shape index (κ2) is 8.00. The maximum atomic E-state index is 12.2. The standard InChI is InChI=1S/C15H26N2O4/c1-4-6-13(18)17-8-5-7-12(9-17)14(19)16-11(3)10(2)15(20)21/h10-12H,4-9H2,1-3H3,(H,16,19)(H,20,21). The summed E-state index contributed by atoms with van der Waals surface area (Å²) in [7, 11) is 0. The number of carboxylic acid groups (broad SMARTS) is 1. The van der Waals surface area contributed by atoms with Gasteiger partial charge in [-0.3, -0.25) is 14.4 Å². The molecule has 6 heteroatoms. The van der Waals surface area contributed by atoms with Crippen molar-refractivity contribution in [3.8, 4) is 0 Å². The second-order valence-electron chi connectivity index (χ2n) is 5.85. The molecule has 1 fully saturated rings. The molecule has 0 spiro atoms. The van der Waals surface area contributed by atoms with Gasteiger partial charge in [-0.25, -0.2) is 0 Å². The van der Waals surface area contributed by atoms with Crippen LogP contribution in [0.15, 0.2) is 0 Å². The summed E-state index contributed by atoms with van der Waals surface area (Å²) in [6.07, 6.45) is 2.88. The Morgan fingerprint density at radius 1 is 1.33 bits per heavy atom. The van der Waals surface area contributed by atoms with Gasteiger partial charge in [0, 0.05) is 25.6 Å². The number of aliphatic carboxylic acids is 1. The first-order valence-electron chi connectivity index (χ1n) is 7.67. The minimum atomic E-state index is -0.925. The van der Waals surface area contributed by atoms with E-state index in [-0.39, 0.29) is 17.7 Å². The molecule has 0 saturated carbocycles. The van der Waals surface area contributed by atoms with Gasteiger partial charge in [-0.1, -0.05) is 6.92 Å². The number of nitrogens with one attached hydrogen (secondary N) is 1. The zero-order valence-electron chi connectivity index (χ0n) is 13.1.